The molecule has 0 heterocycles. The molecule has 2 atom stereocenters. The summed E-state index contributed by atoms with van der Waals surface area (Å²) in [6.07, 6.45) is 1.39. The molecule has 55 heavy (non-hydrogen) atoms. The highest BCUT2D eigenvalue weighted by Crippen LogP contribution is 2.28. The van der Waals surface area contributed by atoms with Crippen molar-refractivity contribution in [3.8, 4) is 0 Å². The topological polar surface area (TPSA) is 98.7 Å². The van der Waals surface area contributed by atoms with Crippen LogP contribution in [0.4, 0.5) is 0 Å². The molecule has 6 heteroatoms. The van der Waals surface area contributed by atoms with Gasteiger partial charge >= 0.3 is 0 Å². The van der Waals surface area contributed by atoms with Crippen LogP contribution in [0, 0.1) is 0 Å². The van der Waals surface area contributed by atoms with E-state index in [9.17, 15) is 19.8 Å². The molecule has 0 aromatic heterocycles. The molecule has 0 spiro atoms. The number of amides is 2. The Kier molecular flexibility index (Phi) is 13.4. The predicted molar refractivity (Wildman–Crippen MR) is 219 cm³/mol. The molecule has 0 saturated carbocycles. The maximum Gasteiger partial charge on any atom is 0.229 e. The van der Waals surface area contributed by atoms with Crippen molar-refractivity contribution < 1.29 is 19.8 Å². The minimum absolute atomic E-state index is 0.290. The lowest BCUT2D eigenvalue weighted by molar-refractivity contribution is -0.132. The molecule has 0 fully saturated rings. The van der Waals surface area contributed by atoms with E-state index in [0.717, 1.165) is 33.4 Å². The number of rotatable bonds is 18. The van der Waals surface area contributed by atoms with E-state index >= 15 is 0 Å². The molecule has 6 aromatic carbocycles. The molecule has 0 aliphatic heterocycles. The zero-order valence-electron chi connectivity index (χ0n) is 31.1. The van der Waals surface area contributed by atoms with Gasteiger partial charge in [0.25, 0.3) is 0 Å². The highest BCUT2D eigenvalue weighted by Gasteiger charge is 2.40. The first-order valence-corrected chi connectivity index (χ1v) is 19.0. The van der Waals surface area contributed by atoms with Gasteiger partial charge in [-0.3, -0.25) is 9.59 Å². The Morgan fingerprint density at radius 3 is 0.836 bits per heavy atom. The maximum atomic E-state index is 14.0. The number of hydrogen-bond donors (Lipinski definition) is 4. The fraction of sp³-hybridized carbons (Fsp3) is 0.224. The lowest BCUT2D eigenvalue weighted by atomic mass is 9.79. The Morgan fingerprint density at radius 2 is 0.600 bits per heavy atom. The van der Waals surface area contributed by atoms with E-state index < -0.39 is 41.5 Å². The van der Waals surface area contributed by atoms with Crippen LogP contribution >= 0.6 is 0 Å². The second kappa shape index (κ2) is 19.0. The molecular weight excluding hydrogens is 681 g/mol. The smallest absolute Gasteiger partial charge is 0.229 e. The van der Waals surface area contributed by atoms with Crippen molar-refractivity contribution in [3.05, 3.63) is 215 Å². The molecule has 0 bridgehead atoms. The third kappa shape index (κ3) is 11.6. The fourth-order valence-electron chi connectivity index (χ4n) is 7.50. The van der Waals surface area contributed by atoms with Crippen molar-refractivity contribution in [2.45, 2.75) is 68.2 Å². The van der Waals surface area contributed by atoms with Gasteiger partial charge in [-0.2, -0.15) is 0 Å². The number of carbonyl (C=O) groups excluding carboxylic acids is 2. The SMILES string of the molecule is O=C(CC(=O)NC(Cc1ccccc1)C(O)(Cc1ccccc1)Cc1ccccc1)NC(Cc1ccccc1)C(O)(Cc1ccccc1)Cc1ccccc1. The molecule has 2 amide bonds. The first-order valence-electron chi connectivity index (χ1n) is 19.0. The summed E-state index contributed by atoms with van der Waals surface area (Å²) >= 11 is 0. The first-order chi connectivity index (χ1) is 26.8. The van der Waals surface area contributed by atoms with Crippen LogP contribution < -0.4 is 10.6 Å². The van der Waals surface area contributed by atoms with Gasteiger partial charge in [0.2, 0.25) is 11.8 Å². The van der Waals surface area contributed by atoms with Crippen molar-refractivity contribution >= 4 is 11.8 Å². The van der Waals surface area contributed by atoms with Crippen molar-refractivity contribution in [1.29, 1.82) is 0 Å². The molecule has 2 unspecified atom stereocenters. The second-order valence-corrected chi connectivity index (χ2v) is 14.7. The zero-order chi connectivity index (χ0) is 38.4. The van der Waals surface area contributed by atoms with Gasteiger partial charge in [-0.1, -0.05) is 182 Å². The highest BCUT2D eigenvalue weighted by molar-refractivity contribution is 5.97. The van der Waals surface area contributed by atoms with Crippen molar-refractivity contribution in [1.82, 2.24) is 10.6 Å². The van der Waals surface area contributed by atoms with Gasteiger partial charge < -0.3 is 20.8 Å². The summed E-state index contributed by atoms with van der Waals surface area (Å²) < 4.78 is 0. The van der Waals surface area contributed by atoms with Crippen LogP contribution in [-0.4, -0.2) is 45.3 Å². The average Bonchev–Trinajstić information content (AvgIpc) is 3.19. The number of carbonyl (C=O) groups is 2. The Balaban J connectivity index is 1.27. The third-order valence-electron chi connectivity index (χ3n) is 10.3. The Bertz CT molecular complexity index is 1810. The van der Waals surface area contributed by atoms with Crippen molar-refractivity contribution in [3.63, 3.8) is 0 Å². The summed E-state index contributed by atoms with van der Waals surface area (Å²) in [6, 6.07) is 57.2. The number of aliphatic hydroxyl groups is 2. The fourth-order valence-corrected chi connectivity index (χ4v) is 7.50. The van der Waals surface area contributed by atoms with Crippen LogP contribution in [0.5, 0.6) is 0 Å². The second-order valence-electron chi connectivity index (χ2n) is 14.7. The lowest BCUT2D eigenvalue weighted by Crippen LogP contribution is -2.58. The van der Waals surface area contributed by atoms with E-state index in [2.05, 4.69) is 10.6 Å². The van der Waals surface area contributed by atoms with Gasteiger partial charge in [-0.05, 0) is 46.2 Å². The van der Waals surface area contributed by atoms with Crippen LogP contribution in [0.25, 0.3) is 0 Å². The summed E-state index contributed by atoms with van der Waals surface area (Å²) in [7, 11) is 0. The standard InChI is InChI=1S/C49H50N2O4/c52-46(50-44(31-38-19-7-1-8-20-38)48(54,34-40-23-11-3-12-24-40)35-41-25-13-4-14-26-41)33-47(53)51-45(32-39-21-9-2-10-22-39)49(55,36-42-27-15-5-16-28-42)37-43-29-17-6-18-30-43/h1-30,44-45,54-55H,31-37H2,(H,50,52)(H,51,53). The number of benzene rings is 6. The first kappa shape index (κ1) is 38.9. The van der Waals surface area contributed by atoms with E-state index in [1.165, 1.54) is 0 Å². The Hall–Kier alpha value is -5.82. The van der Waals surface area contributed by atoms with Crippen LogP contribution in [0.2, 0.25) is 0 Å². The van der Waals surface area contributed by atoms with E-state index in [0.29, 0.717) is 12.8 Å². The monoisotopic (exact) mass is 730 g/mol. The Morgan fingerprint density at radius 1 is 0.382 bits per heavy atom. The highest BCUT2D eigenvalue weighted by atomic mass is 16.3. The lowest BCUT2D eigenvalue weighted by Gasteiger charge is -2.38. The molecule has 6 nitrogen and oxygen atoms in total. The predicted octanol–water partition coefficient (Wildman–Crippen LogP) is 7.26. The molecule has 0 aliphatic carbocycles. The molecule has 0 aliphatic rings. The van der Waals surface area contributed by atoms with Gasteiger partial charge in [0.15, 0.2) is 0 Å². The van der Waals surface area contributed by atoms with Gasteiger partial charge in [0, 0.05) is 25.7 Å². The van der Waals surface area contributed by atoms with E-state index in [-0.39, 0.29) is 25.7 Å². The summed E-state index contributed by atoms with van der Waals surface area (Å²) in [4.78, 5) is 28.1. The minimum atomic E-state index is -1.40. The molecule has 4 N–H and O–H groups in total. The van der Waals surface area contributed by atoms with Crippen LogP contribution in [0.1, 0.15) is 39.8 Å². The van der Waals surface area contributed by atoms with E-state index in [4.69, 9.17) is 0 Å². The molecule has 0 radical (unpaired) electrons. The van der Waals surface area contributed by atoms with Gasteiger partial charge in [-0.15, -0.1) is 0 Å². The van der Waals surface area contributed by atoms with Gasteiger partial charge in [0.1, 0.15) is 6.42 Å². The molecular formula is C49H50N2O4. The summed E-state index contributed by atoms with van der Waals surface area (Å²) in [6.45, 7) is 0. The van der Waals surface area contributed by atoms with E-state index in [1.54, 1.807) is 0 Å². The molecule has 280 valence electrons. The molecule has 0 saturated heterocycles. The van der Waals surface area contributed by atoms with E-state index in [1.807, 2.05) is 182 Å². The van der Waals surface area contributed by atoms with Gasteiger partial charge in [-0.25, -0.2) is 0 Å². The largest absolute Gasteiger partial charge is 0.387 e. The summed E-state index contributed by atoms with van der Waals surface area (Å²) in [5.74, 6) is -1.02. The van der Waals surface area contributed by atoms with Gasteiger partial charge in [0.05, 0.1) is 23.3 Å². The normalized spacial score (nSPS) is 12.7. The minimum Gasteiger partial charge on any atom is -0.387 e. The van der Waals surface area contributed by atoms with Crippen LogP contribution in [0.3, 0.4) is 0 Å². The van der Waals surface area contributed by atoms with Crippen molar-refractivity contribution in [2.75, 3.05) is 0 Å². The number of nitrogens with one attached hydrogen (secondary N) is 2. The maximum absolute atomic E-state index is 14.0. The summed E-state index contributed by atoms with van der Waals surface area (Å²) in [5, 5.41) is 31.6. The third-order valence-corrected chi connectivity index (χ3v) is 10.3. The molecule has 6 rings (SSSR count). The summed E-state index contributed by atoms with van der Waals surface area (Å²) in [5.41, 5.74) is 2.85. The number of hydrogen-bond acceptors (Lipinski definition) is 4. The van der Waals surface area contributed by atoms with Crippen LogP contribution in [-0.2, 0) is 48.1 Å². The quantitative estimate of drug-likeness (QED) is 0.0700. The zero-order valence-corrected chi connectivity index (χ0v) is 31.1. The van der Waals surface area contributed by atoms with Crippen LogP contribution in [0.15, 0.2) is 182 Å². The van der Waals surface area contributed by atoms with Crippen molar-refractivity contribution in [2.24, 2.45) is 0 Å². The average molecular weight is 731 g/mol. The Labute approximate surface area is 324 Å². The molecule has 6 aromatic rings.